The highest BCUT2D eigenvalue weighted by Crippen LogP contribution is 2.56. The van der Waals surface area contributed by atoms with E-state index >= 15 is 0 Å². The molecular formula is C17H14BrO2PS. The number of rotatable bonds is 4. The van der Waals surface area contributed by atoms with Crippen molar-refractivity contribution in [2.24, 2.45) is 0 Å². The second-order valence-electron chi connectivity index (χ2n) is 4.87. The molecule has 0 aliphatic carbocycles. The molecule has 22 heavy (non-hydrogen) atoms. The minimum atomic E-state index is -3.18. The summed E-state index contributed by atoms with van der Waals surface area (Å²) in [5.41, 5.74) is 0. The molecule has 0 saturated carbocycles. The number of benzene rings is 2. The van der Waals surface area contributed by atoms with Crippen LogP contribution in [0.1, 0.15) is 10.7 Å². The van der Waals surface area contributed by atoms with Crippen molar-refractivity contribution in [2.45, 2.75) is 5.85 Å². The summed E-state index contributed by atoms with van der Waals surface area (Å²) in [4.78, 5) is 0.697. The largest absolute Gasteiger partial charge is 0.379 e. The standard InChI is InChI=1S/C17H14BrO2PS/c18-13-11-16(22-12-13)17(19)21(20,14-7-3-1-4-8-14)15-9-5-2-6-10-15/h1-12,17,19H/t17-/m0/s1. The molecule has 0 unspecified atom stereocenters. The number of hydrogen-bond acceptors (Lipinski definition) is 3. The molecule has 0 aliphatic rings. The smallest absolute Gasteiger partial charge is 0.175 e. The second-order valence-corrected chi connectivity index (χ2v) is 9.57. The number of thiophene rings is 1. The van der Waals surface area contributed by atoms with Crippen LogP contribution in [0.15, 0.2) is 76.6 Å². The van der Waals surface area contributed by atoms with Gasteiger partial charge in [-0.25, -0.2) is 0 Å². The van der Waals surface area contributed by atoms with E-state index in [0.717, 1.165) is 4.47 Å². The monoisotopic (exact) mass is 392 g/mol. The second kappa shape index (κ2) is 6.51. The number of aliphatic hydroxyl groups is 1. The molecule has 0 amide bonds. The molecule has 0 aliphatic heterocycles. The van der Waals surface area contributed by atoms with E-state index < -0.39 is 13.0 Å². The Morgan fingerprint density at radius 3 is 1.86 bits per heavy atom. The average Bonchev–Trinajstić information content (AvgIpc) is 3.01. The lowest BCUT2D eigenvalue weighted by molar-refractivity contribution is 0.260. The van der Waals surface area contributed by atoms with Crippen LogP contribution in [-0.4, -0.2) is 5.11 Å². The number of aliphatic hydroxyl groups excluding tert-OH is 1. The zero-order chi connectivity index (χ0) is 15.6. The van der Waals surface area contributed by atoms with Crippen molar-refractivity contribution in [3.05, 3.63) is 81.5 Å². The highest BCUT2D eigenvalue weighted by atomic mass is 79.9. The SMILES string of the molecule is O=P(c1ccccc1)(c1ccccc1)[C@H](O)c1cc(Br)cs1. The Bertz CT molecular complexity index is 758. The molecule has 3 aromatic rings. The Morgan fingerprint density at radius 2 is 1.45 bits per heavy atom. The molecule has 2 nitrogen and oxygen atoms in total. The minimum absolute atomic E-state index is 0.665. The van der Waals surface area contributed by atoms with Gasteiger partial charge in [0.1, 0.15) is 5.85 Å². The van der Waals surface area contributed by atoms with E-state index in [2.05, 4.69) is 15.9 Å². The first-order chi connectivity index (χ1) is 10.6. The van der Waals surface area contributed by atoms with Crippen molar-refractivity contribution in [3.8, 4) is 0 Å². The predicted octanol–water partition coefficient (Wildman–Crippen LogP) is 4.52. The first kappa shape index (κ1) is 15.7. The summed E-state index contributed by atoms with van der Waals surface area (Å²) in [5.74, 6) is -1.05. The molecule has 0 bridgehead atoms. The van der Waals surface area contributed by atoms with Crippen molar-refractivity contribution < 1.29 is 9.67 Å². The summed E-state index contributed by atoms with van der Waals surface area (Å²) < 4.78 is 14.8. The molecular weight excluding hydrogens is 379 g/mol. The van der Waals surface area contributed by atoms with Crippen LogP contribution in [0.4, 0.5) is 0 Å². The van der Waals surface area contributed by atoms with Crippen molar-refractivity contribution >= 4 is 45.0 Å². The predicted molar refractivity (Wildman–Crippen MR) is 96.7 cm³/mol. The third-order valence-corrected chi connectivity index (χ3v) is 8.48. The summed E-state index contributed by atoms with van der Waals surface area (Å²) in [6.07, 6.45) is 0. The van der Waals surface area contributed by atoms with Crippen LogP contribution < -0.4 is 10.6 Å². The van der Waals surface area contributed by atoms with E-state index in [1.54, 1.807) is 0 Å². The summed E-state index contributed by atoms with van der Waals surface area (Å²) in [7, 11) is -3.18. The molecule has 1 N–H and O–H groups in total. The maximum atomic E-state index is 13.9. The fourth-order valence-corrected chi connectivity index (χ4v) is 6.84. The molecule has 2 aromatic carbocycles. The van der Waals surface area contributed by atoms with E-state index in [-0.39, 0.29) is 0 Å². The van der Waals surface area contributed by atoms with Crippen LogP contribution in [0.25, 0.3) is 0 Å². The zero-order valence-electron chi connectivity index (χ0n) is 11.6. The Labute approximate surface area is 142 Å². The molecule has 5 heteroatoms. The third kappa shape index (κ3) is 2.84. The van der Waals surface area contributed by atoms with Crippen LogP contribution in [0.3, 0.4) is 0 Å². The Hall–Kier alpha value is -1.19. The molecule has 3 rings (SSSR count). The quantitative estimate of drug-likeness (QED) is 0.662. The molecule has 112 valence electrons. The Morgan fingerprint density at radius 1 is 0.955 bits per heavy atom. The fourth-order valence-electron chi connectivity index (χ4n) is 2.37. The normalized spacial score (nSPS) is 13.0. The van der Waals surface area contributed by atoms with Gasteiger partial charge in [0.15, 0.2) is 7.14 Å². The summed E-state index contributed by atoms with van der Waals surface area (Å²) >= 11 is 4.79. The lowest BCUT2D eigenvalue weighted by Gasteiger charge is -2.24. The highest BCUT2D eigenvalue weighted by molar-refractivity contribution is 9.10. The van der Waals surface area contributed by atoms with Gasteiger partial charge in [0.25, 0.3) is 0 Å². The van der Waals surface area contributed by atoms with Crippen molar-refractivity contribution in [1.82, 2.24) is 0 Å². The Kier molecular flexibility index (Phi) is 4.65. The van der Waals surface area contributed by atoms with Gasteiger partial charge in [-0.2, -0.15) is 0 Å². The highest BCUT2D eigenvalue weighted by Gasteiger charge is 2.37. The average molecular weight is 393 g/mol. The van der Waals surface area contributed by atoms with Gasteiger partial charge in [-0.1, -0.05) is 60.7 Å². The lowest BCUT2D eigenvalue weighted by Crippen LogP contribution is -2.20. The van der Waals surface area contributed by atoms with E-state index in [1.165, 1.54) is 11.3 Å². The van der Waals surface area contributed by atoms with Crippen LogP contribution in [0.2, 0.25) is 0 Å². The van der Waals surface area contributed by atoms with Crippen LogP contribution in [0.5, 0.6) is 0 Å². The Balaban J connectivity index is 2.18. The van der Waals surface area contributed by atoms with Crippen molar-refractivity contribution in [1.29, 1.82) is 0 Å². The number of hydrogen-bond donors (Lipinski definition) is 1. The van der Waals surface area contributed by atoms with E-state index in [0.29, 0.717) is 15.5 Å². The molecule has 0 fully saturated rings. The lowest BCUT2D eigenvalue weighted by atomic mass is 10.4. The topological polar surface area (TPSA) is 37.3 Å². The van der Waals surface area contributed by atoms with Crippen LogP contribution in [0, 0.1) is 0 Å². The summed E-state index contributed by atoms with van der Waals surface area (Å²) in [5, 5.41) is 14.1. The summed E-state index contributed by atoms with van der Waals surface area (Å²) in [6.45, 7) is 0. The van der Waals surface area contributed by atoms with E-state index in [9.17, 15) is 9.67 Å². The number of halogens is 1. The molecule has 1 heterocycles. The van der Waals surface area contributed by atoms with Gasteiger partial charge in [0.05, 0.1) is 0 Å². The van der Waals surface area contributed by atoms with Gasteiger partial charge in [-0.05, 0) is 22.0 Å². The molecule has 1 atom stereocenters. The van der Waals surface area contributed by atoms with Gasteiger partial charge in [-0.15, -0.1) is 11.3 Å². The summed E-state index contributed by atoms with van der Waals surface area (Å²) in [6, 6.07) is 20.3. The van der Waals surface area contributed by atoms with Crippen LogP contribution in [-0.2, 0) is 4.57 Å². The minimum Gasteiger partial charge on any atom is -0.379 e. The van der Waals surface area contributed by atoms with E-state index in [4.69, 9.17) is 0 Å². The maximum Gasteiger partial charge on any atom is 0.175 e. The van der Waals surface area contributed by atoms with Gasteiger partial charge in [0, 0.05) is 25.3 Å². The first-order valence-corrected chi connectivity index (χ1v) is 10.2. The van der Waals surface area contributed by atoms with Gasteiger partial charge < -0.3 is 9.67 Å². The zero-order valence-corrected chi connectivity index (χ0v) is 14.9. The van der Waals surface area contributed by atoms with E-state index in [1.807, 2.05) is 72.1 Å². The van der Waals surface area contributed by atoms with Gasteiger partial charge in [-0.3, -0.25) is 0 Å². The van der Waals surface area contributed by atoms with Crippen molar-refractivity contribution in [2.75, 3.05) is 0 Å². The molecule has 0 spiro atoms. The van der Waals surface area contributed by atoms with Gasteiger partial charge >= 0.3 is 0 Å². The van der Waals surface area contributed by atoms with Gasteiger partial charge in [0.2, 0.25) is 0 Å². The van der Waals surface area contributed by atoms with Crippen LogP contribution >= 0.6 is 34.4 Å². The van der Waals surface area contributed by atoms with Crippen molar-refractivity contribution in [3.63, 3.8) is 0 Å². The molecule has 1 aromatic heterocycles. The third-order valence-electron chi connectivity index (χ3n) is 3.47. The maximum absolute atomic E-state index is 13.9. The molecule has 0 saturated heterocycles. The molecule has 0 radical (unpaired) electrons. The fraction of sp³-hybridized carbons (Fsp3) is 0.0588. The first-order valence-electron chi connectivity index (χ1n) is 6.75.